The molecule has 4 rings (SSSR count). The molecule has 3 heterocycles. The second-order valence-corrected chi connectivity index (χ2v) is 7.13. The Kier molecular flexibility index (Phi) is 5.44. The number of anilines is 1. The van der Waals surface area contributed by atoms with Crippen LogP contribution < -0.4 is 16.6 Å². The van der Waals surface area contributed by atoms with Crippen LogP contribution in [0, 0.1) is 0 Å². The second-order valence-electron chi connectivity index (χ2n) is 7.13. The van der Waals surface area contributed by atoms with Crippen molar-refractivity contribution in [2.24, 2.45) is 14.1 Å². The minimum Gasteiger partial charge on any atom is -0.325 e. The molecule has 10 heteroatoms. The second kappa shape index (κ2) is 8.34. The van der Waals surface area contributed by atoms with Gasteiger partial charge in [0.05, 0.1) is 24.4 Å². The monoisotopic (exact) mass is 419 g/mol. The molecular weight excluding hydrogens is 398 g/mol. The number of amides is 1. The van der Waals surface area contributed by atoms with E-state index in [0.717, 1.165) is 10.1 Å². The number of carbonyl (C=O) groups excluding carboxylic acids is 1. The quantitative estimate of drug-likeness (QED) is 0.504. The van der Waals surface area contributed by atoms with Gasteiger partial charge >= 0.3 is 5.69 Å². The average molecular weight is 419 g/mol. The zero-order chi connectivity index (χ0) is 22.0. The van der Waals surface area contributed by atoms with Crippen LogP contribution in [-0.2, 0) is 25.4 Å². The third-order valence-electron chi connectivity index (χ3n) is 4.99. The number of nitrogens with one attached hydrogen (secondary N) is 1. The van der Waals surface area contributed by atoms with Crippen LogP contribution in [0.2, 0.25) is 0 Å². The highest BCUT2D eigenvalue weighted by atomic mass is 16.2. The average Bonchev–Trinajstić information content (AvgIpc) is 3.21. The van der Waals surface area contributed by atoms with E-state index in [1.807, 2.05) is 30.3 Å². The number of aromatic nitrogens is 6. The van der Waals surface area contributed by atoms with Crippen molar-refractivity contribution in [1.29, 1.82) is 0 Å². The summed E-state index contributed by atoms with van der Waals surface area (Å²) in [4.78, 5) is 49.5. The highest BCUT2D eigenvalue weighted by Gasteiger charge is 2.14. The van der Waals surface area contributed by atoms with Crippen molar-refractivity contribution < 1.29 is 4.79 Å². The molecule has 10 nitrogen and oxygen atoms in total. The van der Waals surface area contributed by atoms with Gasteiger partial charge in [-0.15, -0.1) is 0 Å². The van der Waals surface area contributed by atoms with Gasteiger partial charge in [-0.1, -0.05) is 30.3 Å². The van der Waals surface area contributed by atoms with Crippen LogP contribution in [0.4, 0.5) is 5.69 Å². The Morgan fingerprint density at radius 2 is 1.71 bits per heavy atom. The third kappa shape index (κ3) is 4.00. The molecule has 0 saturated heterocycles. The number of fused-ring (bicyclic) bond motifs is 1. The van der Waals surface area contributed by atoms with Crippen molar-refractivity contribution in [2.75, 3.05) is 5.32 Å². The predicted molar refractivity (Wildman–Crippen MR) is 116 cm³/mol. The summed E-state index contributed by atoms with van der Waals surface area (Å²) in [6.07, 6.45) is 5.39. The SMILES string of the molecule is Cn1c(=O)c2c(ncn2CCCC(=O)Nc2cnc(-c3ccccc3)nc2)n(C)c1=O. The summed E-state index contributed by atoms with van der Waals surface area (Å²) >= 11 is 0. The number of benzene rings is 1. The molecule has 0 aliphatic rings. The molecule has 0 saturated carbocycles. The van der Waals surface area contributed by atoms with Crippen molar-refractivity contribution in [3.63, 3.8) is 0 Å². The molecule has 1 aromatic carbocycles. The van der Waals surface area contributed by atoms with Crippen LogP contribution in [0.5, 0.6) is 0 Å². The molecule has 3 aromatic heterocycles. The Balaban J connectivity index is 1.38. The Labute approximate surface area is 176 Å². The molecule has 0 spiro atoms. The van der Waals surface area contributed by atoms with E-state index in [-0.39, 0.29) is 12.3 Å². The van der Waals surface area contributed by atoms with Gasteiger partial charge in [0.15, 0.2) is 17.0 Å². The van der Waals surface area contributed by atoms with Gasteiger partial charge in [0.2, 0.25) is 5.91 Å². The number of carbonyl (C=O) groups is 1. The third-order valence-corrected chi connectivity index (χ3v) is 4.99. The molecule has 0 unspecified atom stereocenters. The minimum atomic E-state index is -0.428. The fourth-order valence-electron chi connectivity index (χ4n) is 3.33. The van der Waals surface area contributed by atoms with Crippen LogP contribution in [0.3, 0.4) is 0 Å². The highest BCUT2D eigenvalue weighted by Crippen LogP contribution is 2.15. The zero-order valence-electron chi connectivity index (χ0n) is 17.1. The van der Waals surface area contributed by atoms with Crippen LogP contribution in [-0.4, -0.2) is 34.6 Å². The maximum Gasteiger partial charge on any atom is 0.332 e. The lowest BCUT2D eigenvalue weighted by Gasteiger charge is -2.08. The number of nitrogens with zero attached hydrogens (tertiary/aromatic N) is 6. The number of rotatable bonds is 6. The lowest BCUT2D eigenvalue weighted by Crippen LogP contribution is -2.37. The summed E-state index contributed by atoms with van der Waals surface area (Å²) in [6, 6.07) is 9.57. The summed E-state index contributed by atoms with van der Waals surface area (Å²) in [6.45, 7) is 0.417. The molecule has 0 aliphatic heterocycles. The van der Waals surface area contributed by atoms with Gasteiger partial charge in [0, 0.05) is 32.6 Å². The van der Waals surface area contributed by atoms with Crippen molar-refractivity contribution >= 4 is 22.8 Å². The van der Waals surface area contributed by atoms with E-state index in [2.05, 4.69) is 20.3 Å². The smallest absolute Gasteiger partial charge is 0.325 e. The van der Waals surface area contributed by atoms with E-state index < -0.39 is 11.2 Å². The number of hydrogen-bond donors (Lipinski definition) is 1. The molecule has 158 valence electrons. The highest BCUT2D eigenvalue weighted by molar-refractivity contribution is 5.90. The Morgan fingerprint density at radius 1 is 1.00 bits per heavy atom. The van der Waals surface area contributed by atoms with Gasteiger partial charge in [-0.2, -0.15) is 0 Å². The number of hydrogen-bond acceptors (Lipinski definition) is 6. The van der Waals surface area contributed by atoms with Crippen molar-refractivity contribution in [1.82, 2.24) is 28.7 Å². The molecule has 0 radical (unpaired) electrons. The normalized spacial score (nSPS) is 11.0. The summed E-state index contributed by atoms with van der Waals surface area (Å²) < 4.78 is 4.05. The molecule has 0 bridgehead atoms. The van der Waals surface area contributed by atoms with Gasteiger partial charge in [0.1, 0.15) is 0 Å². The van der Waals surface area contributed by atoms with E-state index in [1.165, 1.54) is 17.9 Å². The molecule has 1 N–H and O–H groups in total. The molecule has 31 heavy (non-hydrogen) atoms. The number of imidazole rings is 1. The molecule has 0 aliphatic carbocycles. The Bertz CT molecular complexity index is 1350. The molecule has 0 fully saturated rings. The Morgan fingerprint density at radius 3 is 2.42 bits per heavy atom. The summed E-state index contributed by atoms with van der Waals surface area (Å²) in [5, 5.41) is 2.77. The summed E-state index contributed by atoms with van der Waals surface area (Å²) in [7, 11) is 3.00. The first kappa shape index (κ1) is 20.2. The van der Waals surface area contributed by atoms with Crippen molar-refractivity contribution in [2.45, 2.75) is 19.4 Å². The summed E-state index contributed by atoms with van der Waals surface area (Å²) in [5.74, 6) is 0.405. The van der Waals surface area contributed by atoms with E-state index in [4.69, 9.17) is 0 Å². The summed E-state index contributed by atoms with van der Waals surface area (Å²) in [5.41, 5.74) is 1.25. The molecule has 4 aromatic rings. The predicted octanol–water partition coefficient (Wildman–Crippen LogP) is 1.31. The maximum atomic E-state index is 12.4. The van der Waals surface area contributed by atoms with Crippen LogP contribution >= 0.6 is 0 Å². The fraction of sp³-hybridized carbons (Fsp3) is 0.238. The van der Waals surface area contributed by atoms with Crippen LogP contribution in [0.1, 0.15) is 12.8 Å². The lowest BCUT2D eigenvalue weighted by molar-refractivity contribution is -0.116. The minimum absolute atomic E-state index is 0.180. The van der Waals surface area contributed by atoms with Gasteiger partial charge in [0.25, 0.3) is 5.56 Å². The first-order valence-corrected chi connectivity index (χ1v) is 9.74. The van der Waals surface area contributed by atoms with Crippen molar-refractivity contribution in [3.8, 4) is 11.4 Å². The van der Waals surface area contributed by atoms with Crippen LogP contribution in [0.15, 0.2) is 58.6 Å². The topological polar surface area (TPSA) is 117 Å². The Hall–Kier alpha value is -4.08. The first-order valence-electron chi connectivity index (χ1n) is 9.74. The zero-order valence-corrected chi connectivity index (χ0v) is 17.1. The maximum absolute atomic E-state index is 12.4. The molecular formula is C21H21N7O3. The van der Waals surface area contributed by atoms with E-state index in [0.29, 0.717) is 35.6 Å². The number of aryl methyl sites for hydroxylation is 2. The van der Waals surface area contributed by atoms with Gasteiger partial charge in [-0.3, -0.25) is 18.7 Å². The van der Waals surface area contributed by atoms with E-state index >= 15 is 0 Å². The van der Waals surface area contributed by atoms with Crippen molar-refractivity contribution in [3.05, 3.63) is 69.9 Å². The van der Waals surface area contributed by atoms with Gasteiger partial charge in [-0.25, -0.2) is 19.7 Å². The van der Waals surface area contributed by atoms with Gasteiger partial charge < -0.3 is 9.88 Å². The van der Waals surface area contributed by atoms with E-state index in [9.17, 15) is 14.4 Å². The molecule has 0 atom stereocenters. The van der Waals surface area contributed by atoms with Gasteiger partial charge in [-0.05, 0) is 6.42 Å². The van der Waals surface area contributed by atoms with Crippen LogP contribution in [0.25, 0.3) is 22.6 Å². The van der Waals surface area contributed by atoms with E-state index in [1.54, 1.807) is 24.0 Å². The fourth-order valence-corrected chi connectivity index (χ4v) is 3.33. The first-order chi connectivity index (χ1) is 15.0. The standard InChI is InChI=1S/C21H21N7O3/c1-26-19-17(20(30)27(2)21(26)31)28(13-24-19)10-6-9-16(29)25-15-11-22-18(23-12-15)14-7-4-3-5-8-14/h3-5,7-8,11-13H,6,9-10H2,1-2H3,(H,25,29). The lowest BCUT2D eigenvalue weighted by atomic mass is 10.2. The molecule has 1 amide bonds. The largest absolute Gasteiger partial charge is 0.332 e.